The zero-order valence-electron chi connectivity index (χ0n) is 10.9. The predicted octanol–water partition coefficient (Wildman–Crippen LogP) is -0.719. The predicted molar refractivity (Wildman–Crippen MR) is 71.2 cm³/mol. The first kappa shape index (κ1) is 13.7. The summed E-state index contributed by atoms with van der Waals surface area (Å²) in [4.78, 5) is 39.0. The van der Waals surface area contributed by atoms with Crippen molar-refractivity contribution in [2.45, 2.75) is 13.8 Å². The van der Waals surface area contributed by atoms with Gasteiger partial charge in [-0.15, -0.1) is 0 Å². The fourth-order valence-electron chi connectivity index (χ4n) is 2.40. The Balaban J connectivity index is 2.36. The van der Waals surface area contributed by atoms with Crippen LogP contribution in [-0.4, -0.2) is 58.9 Å². The summed E-state index contributed by atoms with van der Waals surface area (Å²) in [6, 6.07) is -0.764. The Morgan fingerprint density at radius 3 is 1.84 bits per heavy atom. The van der Waals surface area contributed by atoms with Crippen LogP contribution < -0.4 is 10.6 Å². The molecule has 19 heavy (non-hydrogen) atoms. The van der Waals surface area contributed by atoms with E-state index in [-0.39, 0.29) is 13.1 Å². The van der Waals surface area contributed by atoms with Crippen molar-refractivity contribution in [2.75, 3.05) is 26.2 Å². The maximum Gasteiger partial charge on any atom is 0.328 e. The summed E-state index contributed by atoms with van der Waals surface area (Å²) in [5.74, 6) is -1.11. The van der Waals surface area contributed by atoms with Crippen LogP contribution in [0, 0.1) is 5.41 Å². The van der Waals surface area contributed by atoms with Crippen LogP contribution in [0.3, 0.4) is 0 Å². The molecular weight excluding hydrogens is 268 g/mol. The Bertz CT molecular complexity index is 427. The quantitative estimate of drug-likeness (QED) is 0.514. The van der Waals surface area contributed by atoms with E-state index in [4.69, 9.17) is 12.2 Å². The number of hydrogen-bond donors (Lipinski definition) is 2. The Hall–Kier alpha value is -1.70. The molecule has 0 bridgehead atoms. The molecule has 8 heteroatoms. The third-order valence-corrected chi connectivity index (χ3v) is 4.07. The number of nitrogens with zero attached hydrogens (tertiary/aromatic N) is 2. The minimum absolute atomic E-state index is 0.198. The van der Waals surface area contributed by atoms with E-state index in [1.54, 1.807) is 9.80 Å². The van der Waals surface area contributed by atoms with Gasteiger partial charge in [0.15, 0.2) is 10.5 Å². The third kappa shape index (κ3) is 2.05. The molecule has 0 aliphatic carbocycles. The Morgan fingerprint density at radius 1 is 1.05 bits per heavy atom. The van der Waals surface area contributed by atoms with Crippen molar-refractivity contribution in [3.8, 4) is 0 Å². The average Bonchev–Trinajstić information content (AvgIpc) is 2.37. The zero-order valence-corrected chi connectivity index (χ0v) is 11.7. The molecule has 2 fully saturated rings. The van der Waals surface area contributed by atoms with E-state index in [1.165, 1.54) is 0 Å². The van der Waals surface area contributed by atoms with Crippen molar-refractivity contribution in [3.05, 3.63) is 0 Å². The summed E-state index contributed by atoms with van der Waals surface area (Å²) in [7, 11) is 0. The van der Waals surface area contributed by atoms with Gasteiger partial charge >= 0.3 is 6.03 Å². The van der Waals surface area contributed by atoms with Gasteiger partial charge in [0.1, 0.15) is 0 Å². The van der Waals surface area contributed by atoms with Gasteiger partial charge in [0.25, 0.3) is 0 Å². The minimum Gasteiger partial charge on any atom is -0.348 e. The maximum atomic E-state index is 12.1. The molecule has 104 valence electrons. The molecule has 4 amide bonds. The molecule has 2 rings (SSSR count). The molecule has 0 saturated carbocycles. The van der Waals surface area contributed by atoms with Crippen molar-refractivity contribution < 1.29 is 14.4 Å². The van der Waals surface area contributed by atoms with Crippen LogP contribution in [0.15, 0.2) is 0 Å². The van der Waals surface area contributed by atoms with Crippen LogP contribution in [0.5, 0.6) is 0 Å². The number of hydrogen-bond acceptors (Lipinski definition) is 4. The van der Waals surface area contributed by atoms with Crippen LogP contribution in [0.1, 0.15) is 13.8 Å². The number of carbonyl (C=O) groups is 3. The van der Waals surface area contributed by atoms with E-state index in [0.717, 1.165) is 0 Å². The summed E-state index contributed by atoms with van der Waals surface area (Å²) in [5.41, 5.74) is -1.28. The molecule has 2 N–H and O–H groups in total. The SMILES string of the molecule is CCN1CC2(CN(CC)C1=S)C(=O)NC(=O)NC2=O. The van der Waals surface area contributed by atoms with Crippen molar-refractivity contribution in [3.63, 3.8) is 0 Å². The first-order valence-corrected chi connectivity index (χ1v) is 6.56. The lowest BCUT2D eigenvalue weighted by Gasteiger charge is -2.47. The number of amides is 4. The van der Waals surface area contributed by atoms with Gasteiger partial charge in [-0.05, 0) is 26.1 Å². The second kappa shape index (κ2) is 4.76. The molecule has 0 aromatic carbocycles. The summed E-state index contributed by atoms with van der Waals surface area (Å²) < 4.78 is 0. The highest BCUT2D eigenvalue weighted by Gasteiger charge is 2.55. The molecule has 2 saturated heterocycles. The largest absolute Gasteiger partial charge is 0.348 e. The highest BCUT2D eigenvalue weighted by molar-refractivity contribution is 7.80. The van der Waals surface area contributed by atoms with Gasteiger partial charge in [0.2, 0.25) is 11.8 Å². The fraction of sp³-hybridized carbons (Fsp3) is 0.636. The lowest BCUT2D eigenvalue weighted by atomic mass is 9.81. The van der Waals surface area contributed by atoms with Crippen molar-refractivity contribution >= 4 is 35.2 Å². The first-order valence-electron chi connectivity index (χ1n) is 6.15. The first-order chi connectivity index (χ1) is 8.94. The van der Waals surface area contributed by atoms with E-state index in [9.17, 15) is 14.4 Å². The van der Waals surface area contributed by atoms with Crippen LogP contribution in [0.4, 0.5) is 4.79 Å². The molecule has 0 atom stereocenters. The second-order valence-electron chi connectivity index (χ2n) is 4.63. The van der Waals surface area contributed by atoms with Gasteiger partial charge in [-0.3, -0.25) is 20.2 Å². The van der Waals surface area contributed by atoms with E-state index in [1.807, 2.05) is 13.8 Å². The van der Waals surface area contributed by atoms with E-state index in [0.29, 0.717) is 18.2 Å². The molecular formula is C11H16N4O3S. The summed E-state index contributed by atoms with van der Waals surface area (Å²) in [5, 5.41) is 4.97. The van der Waals surface area contributed by atoms with Crippen LogP contribution in [0.25, 0.3) is 0 Å². The van der Waals surface area contributed by atoms with Crippen LogP contribution >= 0.6 is 12.2 Å². The standard InChI is InChI=1S/C11H16N4O3S/c1-3-14-5-11(6-15(4-2)10(14)19)7(16)12-9(18)13-8(11)17/h3-6H2,1-2H3,(H2,12,13,16,17,18). The Labute approximate surface area is 116 Å². The molecule has 0 aromatic heterocycles. The van der Waals surface area contributed by atoms with Gasteiger partial charge in [0.05, 0.1) is 0 Å². The number of carbonyl (C=O) groups excluding carboxylic acids is 3. The smallest absolute Gasteiger partial charge is 0.328 e. The van der Waals surface area contributed by atoms with Gasteiger partial charge in [-0.25, -0.2) is 4.79 Å². The van der Waals surface area contributed by atoms with E-state index < -0.39 is 23.3 Å². The number of nitrogens with one attached hydrogen (secondary N) is 2. The lowest BCUT2D eigenvalue weighted by Crippen LogP contribution is -2.72. The maximum absolute atomic E-state index is 12.1. The van der Waals surface area contributed by atoms with Crippen molar-refractivity contribution in [1.29, 1.82) is 0 Å². The second-order valence-corrected chi connectivity index (χ2v) is 5.00. The molecule has 0 unspecified atom stereocenters. The van der Waals surface area contributed by atoms with E-state index in [2.05, 4.69) is 10.6 Å². The molecule has 2 aliphatic rings. The van der Waals surface area contributed by atoms with Crippen LogP contribution in [-0.2, 0) is 9.59 Å². The van der Waals surface area contributed by atoms with Gasteiger partial charge in [-0.1, -0.05) is 0 Å². The highest BCUT2D eigenvalue weighted by Crippen LogP contribution is 2.29. The molecule has 2 aliphatic heterocycles. The Morgan fingerprint density at radius 2 is 1.47 bits per heavy atom. The van der Waals surface area contributed by atoms with E-state index >= 15 is 0 Å². The molecule has 2 heterocycles. The Kier molecular flexibility index (Phi) is 3.44. The van der Waals surface area contributed by atoms with Crippen molar-refractivity contribution in [2.24, 2.45) is 5.41 Å². The fourth-order valence-corrected chi connectivity index (χ4v) is 2.79. The summed E-state index contributed by atoms with van der Waals surface area (Å²) in [6.07, 6.45) is 0. The number of rotatable bonds is 2. The molecule has 7 nitrogen and oxygen atoms in total. The normalized spacial score (nSPS) is 22.6. The molecule has 0 radical (unpaired) electrons. The number of imide groups is 2. The van der Waals surface area contributed by atoms with Gasteiger partial charge in [-0.2, -0.15) is 0 Å². The van der Waals surface area contributed by atoms with Crippen molar-refractivity contribution in [1.82, 2.24) is 20.4 Å². The lowest BCUT2D eigenvalue weighted by molar-refractivity contribution is -0.147. The highest BCUT2D eigenvalue weighted by atomic mass is 32.1. The molecule has 1 spiro atoms. The zero-order chi connectivity index (χ0) is 14.2. The third-order valence-electron chi connectivity index (χ3n) is 3.55. The minimum atomic E-state index is -1.28. The monoisotopic (exact) mass is 284 g/mol. The topological polar surface area (TPSA) is 81.8 Å². The number of urea groups is 1. The van der Waals surface area contributed by atoms with Crippen LogP contribution in [0.2, 0.25) is 0 Å². The average molecular weight is 284 g/mol. The summed E-state index contributed by atoms with van der Waals surface area (Å²) in [6.45, 7) is 5.41. The number of thiocarbonyl (C=S) groups is 1. The summed E-state index contributed by atoms with van der Waals surface area (Å²) >= 11 is 5.32. The number of barbiturate groups is 1. The van der Waals surface area contributed by atoms with Gasteiger partial charge in [0, 0.05) is 26.2 Å². The molecule has 0 aromatic rings. The van der Waals surface area contributed by atoms with Gasteiger partial charge < -0.3 is 9.80 Å².